The average Bonchev–Trinajstić information content (AvgIpc) is 2.75. The lowest BCUT2D eigenvalue weighted by atomic mass is 10.0. The van der Waals surface area contributed by atoms with E-state index in [0.29, 0.717) is 19.0 Å². The molecule has 0 saturated carbocycles. The minimum absolute atomic E-state index is 0.125. The number of nitrogens with one attached hydrogen (secondary N) is 1. The smallest absolute Gasteiger partial charge is 0.234 e. The Hall–Kier alpha value is -2.43. The van der Waals surface area contributed by atoms with Crippen LogP contribution in [0.2, 0.25) is 0 Å². The molecular formula is C24H31N3O. The maximum Gasteiger partial charge on any atom is 0.234 e. The number of nitrogens with zero attached hydrogens (tertiary/aromatic N) is 2. The van der Waals surface area contributed by atoms with Crippen LogP contribution in [0.4, 0.5) is 0 Å². The quantitative estimate of drug-likeness (QED) is 0.767. The molecule has 0 aromatic heterocycles. The van der Waals surface area contributed by atoms with Crippen molar-refractivity contribution in [3.63, 3.8) is 0 Å². The van der Waals surface area contributed by atoms with Gasteiger partial charge in [-0.15, -0.1) is 0 Å². The van der Waals surface area contributed by atoms with Crippen LogP contribution in [0.1, 0.15) is 24.0 Å². The van der Waals surface area contributed by atoms with Gasteiger partial charge in [0.2, 0.25) is 5.91 Å². The van der Waals surface area contributed by atoms with Crippen LogP contribution in [0.25, 0.3) is 6.08 Å². The first-order valence-corrected chi connectivity index (χ1v) is 10.2. The third-order valence-corrected chi connectivity index (χ3v) is 5.28. The number of hydrogen-bond acceptors (Lipinski definition) is 3. The molecule has 2 aromatic carbocycles. The molecule has 148 valence electrons. The van der Waals surface area contributed by atoms with E-state index in [2.05, 4.69) is 70.6 Å². The number of carbonyl (C=O) groups is 1. The second-order valence-electron chi connectivity index (χ2n) is 7.51. The molecule has 4 nitrogen and oxygen atoms in total. The first kappa shape index (κ1) is 20.3. The Morgan fingerprint density at radius 1 is 0.964 bits per heavy atom. The lowest BCUT2D eigenvalue weighted by molar-refractivity contribution is -0.122. The summed E-state index contributed by atoms with van der Waals surface area (Å²) in [6.45, 7) is 8.20. The third kappa shape index (κ3) is 6.63. The Kier molecular flexibility index (Phi) is 7.82. The molecule has 3 rings (SSSR count). The summed E-state index contributed by atoms with van der Waals surface area (Å²) >= 11 is 0. The van der Waals surface area contributed by atoms with Gasteiger partial charge in [-0.3, -0.25) is 14.6 Å². The highest BCUT2D eigenvalue weighted by atomic mass is 16.2. The van der Waals surface area contributed by atoms with Crippen molar-refractivity contribution in [2.45, 2.75) is 12.8 Å². The summed E-state index contributed by atoms with van der Waals surface area (Å²) in [7, 11) is 0. The molecule has 1 aliphatic rings. The van der Waals surface area contributed by atoms with Crippen LogP contribution in [-0.2, 0) is 4.79 Å². The van der Waals surface area contributed by atoms with Crippen LogP contribution < -0.4 is 5.32 Å². The van der Waals surface area contributed by atoms with Crippen LogP contribution in [0.3, 0.4) is 0 Å². The van der Waals surface area contributed by atoms with E-state index in [1.54, 1.807) is 0 Å². The second-order valence-corrected chi connectivity index (χ2v) is 7.51. The molecule has 28 heavy (non-hydrogen) atoms. The van der Waals surface area contributed by atoms with Crippen molar-refractivity contribution >= 4 is 12.0 Å². The highest BCUT2D eigenvalue weighted by molar-refractivity contribution is 5.78. The molecule has 1 saturated heterocycles. The molecule has 1 amide bonds. The zero-order valence-electron chi connectivity index (χ0n) is 16.8. The summed E-state index contributed by atoms with van der Waals surface area (Å²) in [4.78, 5) is 17.0. The highest BCUT2D eigenvalue weighted by Crippen LogP contribution is 2.13. The van der Waals surface area contributed by atoms with Crippen molar-refractivity contribution in [2.75, 3.05) is 45.8 Å². The minimum Gasteiger partial charge on any atom is -0.354 e. The molecule has 0 bridgehead atoms. The summed E-state index contributed by atoms with van der Waals surface area (Å²) in [6, 6.07) is 20.7. The van der Waals surface area contributed by atoms with Crippen molar-refractivity contribution < 1.29 is 4.79 Å². The van der Waals surface area contributed by atoms with Crippen LogP contribution in [0.15, 0.2) is 66.7 Å². The molecule has 1 N–H and O–H groups in total. The lowest BCUT2D eigenvalue weighted by Gasteiger charge is -2.33. The Balaban J connectivity index is 1.32. The second kappa shape index (κ2) is 10.8. The fraction of sp³-hybridized carbons (Fsp3) is 0.375. The van der Waals surface area contributed by atoms with E-state index in [4.69, 9.17) is 0 Å². The van der Waals surface area contributed by atoms with Crippen molar-refractivity contribution in [2.24, 2.45) is 0 Å². The van der Waals surface area contributed by atoms with Crippen molar-refractivity contribution in [3.8, 4) is 0 Å². The normalized spacial score (nSPS) is 16.9. The fourth-order valence-electron chi connectivity index (χ4n) is 3.46. The van der Waals surface area contributed by atoms with Crippen LogP contribution in [0.5, 0.6) is 0 Å². The van der Waals surface area contributed by atoms with Gasteiger partial charge in [-0.2, -0.15) is 0 Å². The topological polar surface area (TPSA) is 35.6 Å². The summed E-state index contributed by atoms with van der Waals surface area (Å²) in [6.07, 6.45) is 4.40. The van der Waals surface area contributed by atoms with E-state index >= 15 is 0 Å². The van der Waals surface area contributed by atoms with Gasteiger partial charge in [-0.25, -0.2) is 0 Å². The molecule has 1 aliphatic heterocycles. The summed E-state index contributed by atoms with van der Waals surface area (Å²) in [5.74, 6) is 0.457. The summed E-state index contributed by atoms with van der Waals surface area (Å²) in [5.41, 5.74) is 2.50. The predicted molar refractivity (Wildman–Crippen MR) is 116 cm³/mol. The predicted octanol–water partition coefficient (Wildman–Crippen LogP) is 3.24. The van der Waals surface area contributed by atoms with Gasteiger partial charge in [0.25, 0.3) is 0 Å². The van der Waals surface area contributed by atoms with E-state index in [1.165, 1.54) is 11.1 Å². The van der Waals surface area contributed by atoms with Crippen molar-refractivity contribution in [3.05, 3.63) is 77.9 Å². The number of piperazine rings is 1. The standard InChI is InChI=1S/C24H31N3O/c1-21(23-12-6-3-7-13-23)19-25-24(28)20-27-17-15-26(16-18-27)14-8-11-22-9-4-2-5-10-22/h2-13,21H,14-20H2,1H3,(H,25,28)/b11-8+/t21-/m1/s1. The summed E-state index contributed by atoms with van der Waals surface area (Å²) < 4.78 is 0. The Labute approximate surface area is 168 Å². The van der Waals surface area contributed by atoms with Gasteiger partial charge in [0.15, 0.2) is 0 Å². The number of carbonyl (C=O) groups excluding carboxylic acids is 1. The van der Waals surface area contributed by atoms with Gasteiger partial charge in [0.05, 0.1) is 6.54 Å². The molecule has 1 heterocycles. The first-order valence-electron chi connectivity index (χ1n) is 10.2. The monoisotopic (exact) mass is 377 g/mol. The van der Waals surface area contributed by atoms with Crippen molar-refractivity contribution in [1.82, 2.24) is 15.1 Å². The maximum absolute atomic E-state index is 12.3. The zero-order chi connectivity index (χ0) is 19.6. The Morgan fingerprint density at radius 2 is 1.57 bits per heavy atom. The van der Waals surface area contributed by atoms with E-state index in [0.717, 1.165) is 32.7 Å². The van der Waals surface area contributed by atoms with Gasteiger partial charge in [-0.1, -0.05) is 79.7 Å². The maximum atomic E-state index is 12.3. The number of amides is 1. The zero-order valence-corrected chi connectivity index (χ0v) is 16.8. The molecule has 2 aromatic rings. The molecule has 1 atom stereocenters. The van der Waals surface area contributed by atoms with Gasteiger partial charge >= 0.3 is 0 Å². The molecule has 0 spiro atoms. The molecule has 0 aliphatic carbocycles. The average molecular weight is 378 g/mol. The lowest BCUT2D eigenvalue weighted by Crippen LogP contribution is -2.49. The van der Waals surface area contributed by atoms with Gasteiger partial charge < -0.3 is 5.32 Å². The van der Waals surface area contributed by atoms with E-state index in [9.17, 15) is 4.79 Å². The van der Waals surface area contributed by atoms with E-state index < -0.39 is 0 Å². The largest absolute Gasteiger partial charge is 0.354 e. The third-order valence-electron chi connectivity index (χ3n) is 5.28. The minimum atomic E-state index is 0.125. The first-order chi connectivity index (χ1) is 13.7. The Morgan fingerprint density at radius 3 is 2.25 bits per heavy atom. The molecular weight excluding hydrogens is 346 g/mol. The van der Waals surface area contributed by atoms with Crippen LogP contribution in [0, 0.1) is 0 Å². The van der Waals surface area contributed by atoms with Gasteiger partial charge in [0, 0.05) is 39.3 Å². The van der Waals surface area contributed by atoms with Crippen molar-refractivity contribution in [1.29, 1.82) is 0 Å². The molecule has 4 heteroatoms. The molecule has 1 fully saturated rings. The van der Waals surface area contributed by atoms with Gasteiger partial charge in [0.1, 0.15) is 0 Å². The SMILES string of the molecule is C[C@H](CNC(=O)CN1CCN(C/C=C/c2ccccc2)CC1)c1ccccc1. The molecule has 0 radical (unpaired) electrons. The van der Waals surface area contributed by atoms with E-state index in [-0.39, 0.29) is 5.91 Å². The highest BCUT2D eigenvalue weighted by Gasteiger charge is 2.18. The van der Waals surface area contributed by atoms with Gasteiger partial charge in [-0.05, 0) is 17.0 Å². The molecule has 0 unspecified atom stereocenters. The summed E-state index contributed by atoms with van der Waals surface area (Å²) in [5, 5.41) is 3.09. The fourth-order valence-corrected chi connectivity index (χ4v) is 3.46. The van der Waals surface area contributed by atoms with Crippen LogP contribution in [-0.4, -0.2) is 61.5 Å². The number of benzene rings is 2. The number of rotatable bonds is 8. The van der Waals surface area contributed by atoms with Crippen LogP contribution >= 0.6 is 0 Å². The number of hydrogen-bond donors (Lipinski definition) is 1. The van der Waals surface area contributed by atoms with E-state index in [1.807, 2.05) is 24.3 Å². The Bertz CT molecular complexity index is 737.